The molecule has 1 aliphatic carbocycles. The average Bonchev–Trinajstić information content (AvgIpc) is 2.80. The van der Waals surface area contributed by atoms with E-state index in [-0.39, 0.29) is 0 Å². The topological polar surface area (TPSA) is 27.7 Å². The molecule has 0 unspecified atom stereocenters. The molecular weight excluding hydrogens is 204 g/mol. The highest BCUT2D eigenvalue weighted by Crippen LogP contribution is 2.28. The zero-order valence-electron chi connectivity index (χ0n) is 10.6. The van der Waals surface area contributed by atoms with Crippen LogP contribution in [0.1, 0.15) is 38.5 Å². The van der Waals surface area contributed by atoms with Gasteiger partial charge in [-0.05, 0) is 18.8 Å². The summed E-state index contributed by atoms with van der Waals surface area (Å²) in [5, 5.41) is 0. The second-order valence-electron chi connectivity index (χ2n) is 4.51. The van der Waals surface area contributed by atoms with Gasteiger partial charge in [0, 0.05) is 13.7 Å². The Balaban J connectivity index is 1.71. The molecule has 1 rings (SSSR count). The smallest absolute Gasteiger partial charge is 0.0701 e. The molecule has 96 valence electrons. The van der Waals surface area contributed by atoms with E-state index in [0.717, 1.165) is 12.5 Å². The van der Waals surface area contributed by atoms with Crippen LogP contribution in [0.2, 0.25) is 0 Å². The van der Waals surface area contributed by atoms with Gasteiger partial charge in [-0.25, -0.2) is 0 Å². The number of hydrogen-bond acceptors (Lipinski definition) is 3. The molecule has 0 atom stereocenters. The summed E-state index contributed by atoms with van der Waals surface area (Å²) in [6.07, 6.45) is 8.34. The lowest BCUT2D eigenvalue weighted by Gasteiger charge is -2.09. The van der Waals surface area contributed by atoms with Crippen LogP contribution in [-0.2, 0) is 14.2 Å². The van der Waals surface area contributed by atoms with Crippen LogP contribution in [0.5, 0.6) is 0 Å². The number of methoxy groups -OCH3 is 1. The van der Waals surface area contributed by atoms with Crippen LogP contribution in [0.15, 0.2) is 0 Å². The van der Waals surface area contributed by atoms with Gasteiger partial charge in [-0.2, -0.15) is 0 Å². The third kappa shape index (κ3) is 7.20. The Bertz CT molecular complexity index is 144. The van der Waals surface area contributed by atoms with Gasteiger partial charge in [0.15, 0.2) is 0 Å². The Morgan fingerprint density at radius 3 is 2.19 bits per heavy atom. The number of ether oxygens (including phenoxy) is 3. The molecule has 0 aliphatic heterocycles. The Hall–Kier alpha value is -0.120. The minimum absolute atomic E-state index is 0.668. The quantitative estimate of drug-likeness (QED) is 0.540. The molecule has 0 amide bonds. The van der Waals surface area contributed by atoms with Gasteiger partial charge in [0.05, 0.1) is 26.4 Å². The van der Waals surface area contributed by atoms with Crippen molar-refractivity contribution < 1.29 is 14.2 Å². The monoisotopic (exact) mass is 230 g/mol. The van der Waals surface area contributed by atoms with E-state index in [0.29, 0.717) is 26.4 Å². The lowest BCUT2D eigenvalue weighted by atomic mass is 10.0. The molecule has 0 bridgehead atoms. The normalized spacial score (nSPS) is 17.1. The van der Waals surface area contributed by atoms with Crippen LogP contribution in [0.4, 0.5) is 0 Å². The van der Waals surface area contributed by atoms with E-state index in [2.05, 4.69) is 0 Å². The number of hydrogen-bond donors (Lipinski definition) is 0. The molecule has 1 aliphatic rings. The highest BCUT2D eigenvalue weighted by molar-refractivity contribution is 4.66. The maximum absolute atomic E-state index is 5.51. The standard InChI is InChI=1S/C13H26O3/c1-14-9-10-16-12-11-15-8-4-7-13-5-2-3-6-13/h13H,2-12H2,1H3. The maximum Gasteiger partial charge on any atom is 0.0701 e. The van der Waals surface area contributed by atoms with E-state index in [4.69, 9.17) is 14.2 Å². The van der Waals surface area contributed by atoms with Gasteiger partial charge in [-0.15, -0.1) is 0 Å². The Labute approximate surface area is 99.5 Å². The minimum atomic E-state index is 0.668. The summed E-state index contributed by atoms with van der Waals surface area (Å²) in [5.74, 6) is 0.988. The highest BCUT2D eigenvalue weighted by Gasteiger charge is 2.13. The third-order valence-electron chi connectivity index (χ3n) is 3.18. The van der Waals surface area contributed by atoms with Crippen LogP contribution in [0.25, 0.3) is 0 Å². The van der Waals surface area contributed by atoms with Crippen molar-refractivity contribution >= 4 is 0 Å². The lowest BCUT2D eigenvalue weighted by molar-refractivity contribution is 0.0234. The molecule has 0 aromatic rings. The summed E-state index contributed by atoms with van der Waals surface area (Å²) in [7, 11) is 1.68. The van der Waals surface area contributed by atoms with Crippen LogP contribution >= 0.6 is 0 Å². The first-order valence-electron chi connectivity index (χ1n) is 6.58. The van der Waals surface area contributed by atoms with Gasteiger partial charge in [-0.1, -0.05) is 25.7 Å². The fourth-order valence-electron chi connectivity index (χ4n) is 2.24. The summed E-state index contributed by atoms with van der Waals surface area (Å²) in [4.78, 5) is 0. The lowest BCUT2D eigenvalue weighted by Crippen LogP contribution is -2.09. The van der Waals surface area contributed by atoms with Crippen molar-refractivity contribution in [3.8, 4) is 0 Å². The predicted molar refractivity (Wildman–Crippen MR) is 64.7 cm³/mol. The molecule has 16 heavy (non-hydrogen) atoms. The van der Waals surface area contributed by atoms with Crippen molar-refractivity contribution in [2.75, 3.05) is 40.1 Å². The predicted octanol–water partition coefficient (Wildman–Crippen LogP) is 2.64. The van der Waals surface area contributed by atoms with E-state index in [9.17, 15) is 0 Å². The summed E-state index contributed by atoms with van der Waals surface area (Å²) in [6, 6.07) is 0. The zero-order chi connectivity index (χ0) is 11.5. The van der Waals surface area contributed by atoms with Gasteiger partial charge >= 0.3 is 0 Å². The van der Waals surface area contributed by atoms with Crippen LogP contribution < -0.4 is 0 Å². The fourth-order valence-corrected chi connectivity index (χ4v) is 2.24. The molecule has 0 spiro atoms. The molecule has 0 heterocycles. The van der Waals surface area contributed by atoms with E-state index < -0.39 is 0 Å². The molecule has 0 N–H and O–H groups in total. The molecule has 0 aromatic carbocycles. The molecule has 3 nitrogen and oxygen atoms in total. The first-order valence-corrected chi connectivity index (χ1v) is 6.58. The highest BCUT2D eigenvalue weighted by atomic mass is 16.5. The van der Waals surface area contributed by atoms with Gasteiger partial charge in [0.2, 0.25) is 0 Å². The average molecular weight is 230 g/mol. The van der Waals surface area contributed by atoms with Crippen LogP contribution in [0, 0.1) is 5.92 Å². The van der Waals surface area contributed by atoms with Crippen molar-refractivity contribution in [2.45, 2.75) is 38.5 Å². The van der Waals surface area contributed by atoms with Gasteiger partial charge < -0.3 is 14.2 Å². The minimum Gasteiger partial charge on any atom is -0.382 e. The third-order valence-corrected chi connectivity index (χ3v) is 3.18. The van der Waals surface area contributed by atoms with E-state index in [1.165, 1.54) is 38.5 Å². The van der Waals surface area contributed by atoms with Crippen molar-refractivity contribution in [3.05, 3.63) is 0 Å². The number of rotatable bonds is 10. The van der Waals surface area contributed by atoms with Crippen molar-refractivity contribution in [1.82, 2.24) is 0 Å². The van der Waals surface area contributed by atoms with Crippen molar-refractivity contribution in [2.24, 2.45) is 5.92 Å². The molecule has 1 saturated carbocycles. The van der Waals surface area contributed by atoms with E-state index in [1.54, 1.807) is 7.11 Å². The van der Waals surface area contributed by atoms with Gasteiger partial charge in [0.1, 0.15) is 0 Å². The second-order valence-corrected chi connectivity index (χ2v) is 4.51. The molecule has 0 aromatic heterocycles. The molecular formula is C13H26O3. The van der Waals surface area contributed by atoms with E-state index in [1.807, 2.05) is 0 Å². The van der Waals surface area contributed by atoms with E-state index >= 15 is 0 Å². The SMILES string of the molecule is COCCOCCOCCCC1CCCC1. The summed E-state index contributed by atoms with van der Waals surface area (Å²) in [5.41, 5.74) is 0. The van der Waals surface area contributed by atoms with Gasteiger partial charge in [-0.3, -0.25) is 0 Å². The molecule has 0 saturated heterocycles. The first-order chi connectivity index (χ1) is 7.93. The largest absolute Gasteiger partial charge is 0.382 e. The summed E-state index contributed by atoms with van der Waals surface area (Å²) < 4.78 is 15.7. The van der Waals surface area contributed by atoms with Crippen LogP contribution in [-0.4, -0.2) is 40.1 Å². The van der Waals surface area contributed by atoms with Crippen molar-refractivity contribution in [3.63, 3.8) is 0 Å². The molecule has 3 heteroatoms. The van der Waals surface area contributed by atoms with Crippen LogP contribution in [0.3, 0.4) is 0 Å². The fraction of sp³-hybridized carbons (Fsp3) is 1.00. The Morgan fingerprint density at radius 2 is 1.50 bits per heavy atom. The van der Waals surface area contributed by atoms with Gasteiger partial charge in [0.25, 0.3) is 0 Å². The molecule has 1 fully saturated rings. The summed E-state index contributed by atoms with van der Waals surface area (Å²) in [6.45, 7) is 3.63. The maximum atomic E-state index is 5.51. The Kier molecular flexibility index (Phi) is 8.77. The first kappa shape index (κ1) is 13.9. The zero-order valence-corrected chi connectivity index (χ0v) is 10.6. The Morgan fingerprint density at radius 1 is 0.875 bits per heavy atom. The second kappa shape index (κ2) is 10.1. The molecule has 0 radical (unpaired) electrons. The van der Waals surface area contributed by atoms with Crippen molar-refractivity contribution in [1.29, 1.82) is 0 Å². The summed E-state index contributed by atoms with van der Waals surface area (Å²) >= 11 is 0.